The second-order valence-corrected chi connectivity index (χ2v) is 4.59. The second-order valence-electron chi connectivity index (χ2n) is 4.59. The van der Waals surface area contributed by atoms with Gasteiger partial charge in [0.2, 0.25) is 0 Å². The molecule has 0 saturated heterocycles. The molecule has 0 aliphatic rings. The molecule has 0 heterocycles. The summed E-state index contributed by atoms with van der Waals surface area (Å²) >= 11 is 0. The number of rotatable bonds is 3. The molecule has 0 aromatic heterocycles. The Labute approximate surface area is 111 Å². The lowest BCUT2D eigenvalue weighted by Crippen LogP contribution is -2.00. The summed E-state index contributed by atoms with van der Waals surface area (Å²) < 4.78 is 0. The van der Waals surface area contributed by atoms with Crippen LogP contribution >= 0.6 is 0 Å². The zero-order chi connectivity index (χ0) is 14.0. The molecule has 0 spiro atoms. The largest absolute Gasteiger partial charge is 0.384 e. The summed E-state index contributed by atoms with van der Waals surface area (Å²) in [4.78, 5) is 10.1. The van der Waals surface area contributed by atoms with E-state index in [1.807, 2.05) is 32.0 Å². The molecule has 1 unspecified atom stereocenters. The van der Waals surface area contributed by atoms with Crippen LogP contribution in [0.15, 0.2) is 42.5 Å². The van der Waals surface area contributed by atoms with Gasteiger partial charge in [0.05, 0.1) is 4.92 Å². The summed E-state index contributed by atoms with van der Waals surface area (Å²) in [6, 6.07) is 11.7. The molecular weight excluding hydrogens is 242 g/mol. The highest BCUT2D eigenvalue weighted by atomic mass is 16.6. The summed E-state index contributed by atoms with van der Waals surface area (Å²) in [5.74, 6) is 0. The number of aliphatic hydroxyl groups is 1. The van der Waals surface area contributed by atoms with Crippen LogP contribution in [-0.2, 0) is 0 Å². The summed E-state index contributed by atoms with van der Waals surface area (Å²) in [5, 5.41) is 20.8. The zero-order valence-electron chi connectivity index (χ0n) is 10.8. The molecule has 0 fully saturated rings. The summed E-state index contributed by atoms with van der Waals surface area (Å²) in [6.07, 6.45) is -0.764. The van der Waals surface area contributed by atoms with E-state index < -0.39 is 11.0 Å². The number of benzene rings is 2. The molecule has 19 heavy (non-hydrogen) atoms. The van der Waals surface area contributed by atoms with Crippen molar-refractivity contribution in [2.45, 2.75) is 20.0 Å². The lowest BCUT2D eigenvalue weighted by atomic mass is 9.98. The molecule has 0 amide bonds. The van der Waals surface area contributed by atoms with E-state index in [4.69, 9.17) is 0 Å². The average molecular weight is 257 g/mol. The third kappa shape index (κ3) is 2.80. The second kappa shape index (κ2) is 5.20. The van der Waals surface area contributed by atoms with Crippen molar-refractivity contribution in [2.75, 3.05) is 0 Å². The van der Waals surface area contributed by atoms with E-state index >= 15 is 0 Å². The molecule has 1 N–H and O–H groups in total. The number of nitro groups is 1. The zero-order valence-corrected chi connectivity index (χ0v) is 10.8. The van der Waals surface area contributed by atoms with E-state index in [1.54, 1.807) is 12.1 Å². The highest BCUT2D eigenvalue weighted by Crippen LogP contribution is 2.25. The Hall–Kier alpha value is -2.20. The fraction of sp³-hybridized carbons (Fsp3) is 0.200. The van der Waals surface area contributed by atoms with E-state index in [2.05, 4.69) is 0 Å². The van der Waals surface area contributed by atoms with E-state index in [1.165, 1.54) is 17.7 Å². The standard InChI is InChI=1S/C15H15NO3/c1-10-3-4-13(9-11(10)2)15(17)12-5-7-14(8-6-12)16(18)19/h3-9,15,17H,1-2H3. The maximum Gasteiger partial charge on any atom is 0.269 e. The van der Waals surface area contributed by atoms with Crippen molar-refractivity contribution in [1.82, 2.24) is 0 Å². The van der Waals surface area contributed by atoms with Crippen LogP contribution in [0.2, 0.25) is 0 Å². The highest BCUT2D eigenvalue weighted by Gasteiger charge is 2.13. The molecule has 0 bridgehead atoms. The molecule has 98 valence electrons. The molecule has 2 aromatic carbocycles. The van der Waals surface area contributed by atoms with E-state index in [-0.39, 0.29) is 5.69 Å². The van der Waals surface area contributed by atoms with Crippen molar-refractivity contribution >= 4 is 5.69 Å². The molecule has 0 saturated carbocycles. The fourth-order valence-corrected chi connectivity index (χ4v) is 1.91. The predicted octanol–water partition coefficient (Wildman–Crippen LogP) is 3.29. The first-order valence-corrected chi connectivity index (χ1v) is 5.98. The Morgan fingerprint density at radius 1 is 1.00 bits per heavy atom. The van der Waals surface area contributed by atoms with Gasteiger partial charge in [-0.15, -0.1) is 0 Å². The quantitative estimate of drug-likeness (QED) is 0.677. The molecule has 4 heteroatoms. The smallest absolute Gasteiger partial charge is 0.269 e. The normalized spacial score (nSPS) is 12.2. The van der Waals surface area contributed by atoms with Crippen molar-refractivity contribution in [3.8, 4) is 0 Å². The predicted molar refractivity (Wildman–Crippen MR) is 73.1 cm³/mol. The van der Waals surface area contributed by atoms with Gasteiger partial charge in [0.15, 0.2) is 0 Å². The third-order valence-electron chi connectivity index (χ3n) is 3.27. The molecule has 1 atom stereocenters. The van der Waals surface area contributed by atoms with Crippen molar-refractivity contribution in [3.63, 3.8) is 0 Å². The van der Waals surface area contributed by atoms with Crippen LogP contribution in [0, 0.1) is 24.0 Å². The van der Waals surface area contributed by atoms with Crippen molar-refractivity contribution in [2.24, 2.45) is 0 Å². The molecule has 4 nitrogen and oxygen atoms in total. The summed E-state index contributed by atoms with van der Waals surface area (Å²) in [7, 11) is 0. The Kier molecular flexibility index (Phi) is 3.62. The van der Waals surface area contributed by atoms with Crippen LogP contribution in [0.4, 0.5) is 5.69 Å². The van der Waals surface area contributed by atoms with Crippen LogP contribution in [0.3, 0.4) is 0 Å². The molecule has 2 rings (SSSR count). The van der Waals surface area contributed by atoms with Crippen molar-refractivity contribution in [1.29, 1.82) is 0 Å². The van der Waals surface area contributed by atoms with Gasteiger partial charge in [-0.1, -0.05) is 18.2 Å². The molecule has 2 aromatic rings. The van der Waals surface area contributed by atoms with E-state index in [9.17, 15) is 15.2 Å². The van der Waals surface area contributed by atoms with Gasteiger partial charge in [0.25, 0.3) is 5.69 Å². The van der Waals surface area contributed by atoms with Crippen LogP contribution in [0.5, 0.6) is 0 Å². The van der Waals surface area contributed by atoms with Crippen LogP contribution in [0.1, 0.15) is 28.4 Å². The monoisotopic (exact) mass is 257 g/mol. The van der Waals surface area contributed by atoms with Gasteiger partial charge < -0.3 is 5.11 Å². The Balaban J connectivity index is 2.30. The SMILES string of the molecule is Cc1ccc(C(O)c2ccc([N+](=O)[O-])cc2)cc1C. The number of nitro benzene ring substituents is 1. The van der Waals surface area contributed by atoms with E-state index in [0.29, 0.717) is 5.56 Å². The number of nitrogens with zero attached hydrogens (tertiary/aromatic N) is 1. The topological polar surface area (TPSA) is 63.4 Å². The van der Waals surface area contributed by atoms with Gasteiger partial charge in [-0.05, 0) is 48.2 Å². The van der Waals surface area contributed by atoms with Gasteiger partial charge in [-0.3, -0.25) is 10.1 Å². The maximum atomic E-state index is 10.6. The Bertz CT molecular complexity index is 605. The first-order chi connectivity index (χ1) is 8.99. The lowest BCUT2D eigenvalue weighted by Gasteiger charge is -2.13. The number of hydrogen-bond acceptors (Lipinski definition) is 3. The Morgan fingerprint density at radius 2 is 1.58 bits per heavy atom. The number of aryl methyl sites for hydroxylation is 2. The van der Waals surface area contributed by atoms with Gasteiger partial charge in [-0.25, -0.2) is 0 Å². The van der Waals surface area contributed by atoms with Crippen LogP contribution < -0.4 is 0 Å². The minimum atomic E-state index is -0.764. The van der Waals surface area contributed by atoms with Crippen LogP contribution in [0.25, 0.3) is 0 Å². The molecule has 0 aliphatic carbocycles. The van der Waals surface area contributed by atoms with E-state index in [0.717, 1.165) is 11.1 Å². The number of hydrogen-bond donors (Lipinski definition) is 1. The summed E-state index contributed by atoms with van der Waals surface area (Å²) in [6.45, 7) is 4.00. The van der Waals surface area contributed by atoms with Crippen molar-refractivity contribution < 1.29 is 10.0 Å². The minimum absolute atomic E-state index is 0.0241. The maximum absolute atomic E-state index is 10.6. The Morgan fingerprint density at radius 3 is 2.11 bits per heavy atom. The minimum Gasteiger partial charge on any atom is -0.384 e. The van der Waals surface area contributed by atoms with Gasteiger partial charge in [0, 0.05) is 12.1 Å². The molecule has 0 radical (unpaired) electrons. The van der Waals surface area contributed by atoms with Gasteiger partial charge in [0.1, 0.15) is 6.10 Å². The molecular formula is C15H15NO3. The number of non-ortho nitro benzene ring substituents is 1. The lowest BCUT2D eigenvalue weighted by molar-refractivity contribution is -0.384. The molecule has 0 aliphatic heterocycles. The number of aliphatic hydroxyl groups excluding tert-OH is 1. The van der Waals surface area contributed by atoms with Gasteiger partial charge >= 0.3 is 0 Å². The first-order valence-electron chi connectivity index (χ1n) is 5.98. The van der Waals surface area contributed by atoms with Crippen LogP contribution in [-0.4, -0.2) is 10.0 Å². The first kappa shape index (κ1) is 13.2. The highest BCUT2D eigenvalue weighted by molar-refractivity contribution is 5.39. The average Bonchev–Trinajstić information content (AvgIpc) is 2.41. The van der Waals surface area contributed by atoms with Gasteiger partial charge in [-0.2, -0.15) is 0 Å². The fourth-order valence-electron chi connectivity index (χ4n) is 1.91. The third-order valence-corrected chi connectivity index (χ3v) is 3.27. The summed E-state index contributed by atoms with van der Waals surface area (Å²) in [5.41, 5.74) is 3.74. The van der Waals surface area contributed by atoms with Crippen molar-refractivity contribution in [3.05, 3.63) is 74.8 Å².